The molecule has 0 saturated heterocycles. The predicted octanol–water partition coefficient (Wildman–Crippen LogP) is 2.76. The third-order valence-electron chi connectivity index (χ3n) is 2.75. The third kappa shape index (κ3) is 6.27. The van der Waals surface area contributed by atoms with E-state index in [0.717, 1.165) is 12.8 Å². The fourth-order valence-corrected chi connectivity index (χ4v) is 2.62. The molecular weight excluding hydrogens is 314 g/mol. The van der Waals surface area contributed by atoms with E-state index in [1.165, 1.54) is 6.92 Å². The van der Waals surface area contributed by atoms with Gasteiger partial charge in [0.05, 0.1) is 4.83 Å². The molecule has 19 heavy (non-hydrogen) atoms. The van der Waals surface area contributed by atoms with Gasteiger partial charge < -0.3 is 14.8 Å². The summed E-state index contributed by atoms with van der Waals surface area (Å²) in [7, 11) is 0. The third-order valence-corrected chi connectivity index (χ3v) is 3.80. The topological polar surface area (TPSA) is 64.6 Å². The Morgan fingerprint density at radius 3 is 2.42 bits per heavy atom. The number of nitrogens with one attached hydrogen (secondary N) is 1. The maximum Gasteiger partial charge on any atom is 0.407 e. The van der Waals surface area contributed by atoms with Gasteiger partial charge in [0.2, 0.25) is 0 Å². The van der Waals surface area contributed by atoms with Crippen molar-refractivity contribution in [2.45, 2.75) is 69.5 Å². The second-order valence-electron chi connectivity index (χ2n) is 5.82. The van der Waals surface area contributed by atoms with E-state index in [2.05, 4.69) is 21.2 Å². The molecule has 0 unspecified atom stereocenters. The summed E-state index contributed by atoms with van der Waals surface area (Å²) in [5.41, 5.74) is -0.508. The van der Waals surface area contributed by atoms with Crippen LogP contribution in [0.15, 0.2) is 0 Å². The van der Waals surface area contributed by atoms with Crippen LogP contribution in [0.4, 0.5) is 4.79 Å². The number of amides is 1. The molecule has 0 aromatic carbocycles. The van der Waals surface area contributed by atoms with Crippen molar-refractivity contribution in [2.24, 2.45) is 0 Å². The zero-order valence-electron chi connectivity index (χ0n) is 11.9. The SMILES string of the molecule is CC(=O)O[C@@H]1C[C@H](NC(=O)OC(C)(C)C)CC[C@H]1Br. The molecule has 1 rings (SSSR count). The molecule has 1 N–H and O–H groups in total. The van der Waals surface area contributed by atoms with Gasteiger partial charge in [0, 0.05) is 19.4 Å². The van der Waals surface area contributed by atoms with Gasteiger partial charge in [-0.2, -0.15) is 0 Å². The first kappa shape index (κ1) is 16.3. The molecule has 0 heterocycles. The largest absolute Gasteiger partial charge is 0.461 e. The van der Waals surface area contributed by atoms with Crippen LogP contribution in [0.3, 0.4) is 0 Å². The van der Waals surface area contributed by atoms with Crippen molar-refractivity contribution in [1.29, 1.82) is 0 Å². The number of carbonyl (C=O) groups is 2. The highest BCUT2D eigenvalue weighted by atomic mass is 79.9. The number of halogens is 1. The molecule has 0 radical (unpaired) electrons. The Morgan fingerprint density at radius 1 is 1.26 bits per heavy atom. The molecule has 1 saturated carbocycles. The molecule has 1 fully saturated rings. The molecule has 0 bridgehead atoms. The fraction of sp³-hybridized carbons (Fsp3) is 0.846. The molecular formula is C13H22BrNO4. The van der Waals surface area contributed by atoms with Crippen LogP contribution in [0, 0.1) is 0 Å². The van der Waals surface area contributed by atoms with Crippen LogP contribution >= 0.6 is 15.9 Å². The number of hydrogen-bond donors (Lipinski definition) is 1. The molecule has 1 aliphatic carbocycles. The normalized spacial score (nSPS) is 27.5. The van der Waals surface area contributed by atoms with Crippen LogP contribution in [-0.4, -0.2) is 34.6 Å². The quantitative estimate of drug-likeness (QED) is 0.622. The average Bonchev–Trinajstić information content (AvgIpc) is 2.19. The van der Waals surface area contributed by atoms with Crippen LogP contribution in [0.2, 0.25) is 0 Å². The zero-order valence-corrected chi connectivity index (χ0v) is 13.5. The van der Waals surface area contributed by atoms with Gasteiger partial charge in [-0.25, -0.2) is 4.79 Å². The van der Waals surface area contributed by atoms with Crippen molar-refractivity contribution in [3.63, 3.8) is 0 Å². The van der Waals surface area contributed by atoms with Crippen molar-refractivity contribution >= 4 is 28.0 Å². The smallest absolute Gasteiger partial charge is 0.407 e. The van der Waals surface area contributed by atoms with E-state index < -0.39 is 11.7 Å². The molecule has 6 heteroatoms. The van der Waals surface area contributed by atoms with E-state index in [1.807, 2.05) is 20.8 Å². The summed E-state index contributed by atoms with van der Waals surface area (Å²) < 4.78 is 10.5. The van der Waals surface area contributed by atoms with E-state index in [0.29, 0.717) is 6.42 Å². The molecule has 5 nitrogen and oxygen atoms in total. The van der Waals surface area contributed by atoms with Gasteiger partial charge >= 0.3 is 12.1 Å². The first-order chi connectivity index (χ1) is 8.67. The van der Waals surface area contributed by atoms with Crippen LogP contribution in [0.5, 0.6) is 0 Å². The summed E-state index contributed by atoms with van der Waals surface area (Å²) in [6.07, 6.45) is 1.67. The molecule has 0 aromatic heterocycles. The molecule has 0 aromatic rings. The molecule has 1 aliphatic rings. The number of hydrogen-bond acceptors (Lipinski definition) is 4. The Kier molecular flexibility index (Phi) is 5.64. The predicted molar refractivity (Wildman–Crippen MR) is 75.3 cm³/mol. The van der Waals surface area contributed by atoms with E-state index in [1.54, 1.807) is 0 Å². The summed E-state index contributed by atoms with van der Waals surface area (Å²) in [6, 6.07) is -0.0204. The van der Waals surface area contributed by atoms with E-state index in [-0.39, 0.29) is 22.9 Å². The number of esters is 1. The Balaban J connectivity index is 2.47. The van der Waals surface area contributed by atoms with Gasteiger partial charge in [0.25, 0.3) is 0 Å². The lowest BCUT2D eigenvalue weighted by Crippen LogP contribution is -2.46. The van der Waals surface area contributed by atoms with E-state index in [9.17, 15) is 9.59 Å². The highest BCUT2D eigenvalue weighted by Gasteiger charge is 2.32. The van der Waals surface area contributed by atoms with Gasteiger partial charge in [-0.3, -0.25) is 4.79 Å². The van der Waals surface area contributed by atoms with Gasteiger partial charge in [-0.15, -0.1) is 0 Å². The summed E-state index contributed by atoms with van der Waals surface area (Å²) in [5.74, 6) is -0.299. The molecule has 1 amide bonds. The Bertz CT molecular complexity index is 340. The highest BCUT2D eigenvalue weighted by Crippen LogP contribution is 2.27. The molecule has 0 spiro atoms. The van der Waals surface area contributed by atoms with Crippen LogP contribution in [0.1, 0.15) is 47.0 Å². The Labute approximate surface area is 122 Å². The second-order valence-corrected chi connectivity index (χ2v) is 7.00. The Hall–Kier alpha value is -0.780. The van der Waals surface area contributed by atoms with Crippen molar-refractivity contribution in [2.75, 3.05) is 0 Å². The fourth-order valence-electron chi connectivity index (χ4n) is 2.03. The summed E-state index contributed by atoms with van der Waals surface area (Å²) >= 11 is 3.50. The standard InChI is InChI=1S/C13H22BrNO4/c1-8(16)18-11-7-9(5-6-10(11)14)15-12(17)19-13(2,3)4/h9-11H,5-7H2,1-4H3,(H,15,17)/t9-,10-,11-/m1/s1. The monoisotopic (exact) mass is 335 g/mol. The zero-order chi connectivity index (χ0) is 14.6. The van der Waals surface area contributed by atoms with Crippen molar-refractivity contribution in [1.82, 2.24) is 5.32 Å². The highest BCUT2D eigenvalue weighted by molar-refractivity contribution is 9.09. The maximum atomic E-state index is 11.7. The summed E-state index contributed by atoms with van der Waals surface area (Å²) in [4.78, 5) is 22.8. The van der Waals surface area contributed by atoms with Crippen molar-refractivity contribution < 1.29 is 19.1 Å². The summed E-state index contributed by atoms with van der Waals surface area (Å²) in [6.45, 7) is 6.86. The van der Waals surface area contributed by atoms with Crippen molar-refractivity contribution in [3.05, 3.63) is 0 Å². The van der Waals surface area contributed by atoms with Crippen LogP contribution < -0.4 is 5.32 Å². The van der Waals surface area contributed by atoms with Gasteiger partial charge in [0.15, 0.2) is 0 Å². The minimum absolute atomic E-state index is 0.0204. The minimum atomic E-state index is -0.508. The number of alkyl carbamates (subject to hydrolysis) is 1. The number of ether oxygens (including phenoxy) is 2. The maximum absolute atomic E-state index is 11.7. The lowest BCUT2D eigenvalue weighted by atomic mass is 9.93. The molecule has 3 atom stereocenters. The first-order valence-electron chi connectivity index (χ1n) is 6.48. The number of carbonyl (C=O) groups excluding carboxylic acids is 2. The Morgan fingerprint density at radius 2 is 1.89 bits per heavy atom. The van der Waals surface area contributed by atoms with Crippen LogP contribution in [-0.2, 0) is 14.3 Å². The minimum Gasteiger partial charge on any atom is -0.461 e. The van der Waals surface area contributed by atoms with Gasteiger partial charge in [-0.05, 0) is 33.6 Å². The van der Waals surface area contributed by atoms with E-state index >= 15 is 0 Å². The molecule has 0 aliphatic heterocycles. The number of alkyl halides is 1. The van der Waals surface area contributed by atoms with Gasteiger partial charge in [0.1, 0.15) is 11.7 Å². The number of rotatable bonds is 2. The van der Waals surface area contributed by atoms with Crippen LogP contribution in [0.25, 0.3) is 0 Å². The first-order valence-corrected chi connectivity index (χ1v) is 7.40. The lowest BCUT2D eigenvalue weighted by molar-refractivity contribution is -0.147. The molecule has 110 valence electrons. The lowest BCUT2D eigenvalue weighted by Gasteiger charge is -2.33. The summed E-state index contributed by atoms with van der Waals surface area (Å²) in [5, 5.41) is 2.83. The second kappa shape index (κ2) is 6.59. The van der Waals surface area contributed by atoms with Gasteiger partial charge in [-0.1, -0.05) is 15.9 Å². The van der Waals surface area contributed by atoms with E-state index in [4.69, 9.17) is 9.47 Å². The van der Waals surface area contributed by atoms with Crippen molar-refractivity contribution in [3.8, 4) is 0 Å². The average molecular weight is 336 g/mol.